The smallest absolute Gasteiger partial charge is 0.147 e. The van der Waals surface area contributed by atoms with Crippen LogP contribution in [0.5, 0.6) is 0 Å². The Hall–Kier alpha value is -1.36. The van der Waals surface area contributed by atoms with Crippen molar-refractivity contribution >= 4 is 11.6 Å². The monoisotopic (exact) mass is 221 g/mol. The van der Waals surface area contributed by atoms with Crippen molar-refractivity contribution in [2.45, 2.75) is 13.0 Å². The maximum atomic E-state index is 5.53. The van der Waals surface area contributed by atoms with Crippen LogP contribution in [-0.2, 0) is 0 Å². The van der Waals surface area contributed by atoms with Crippen LogP contribution in [0.1, 0.15) is 6.92 Å². The van der Waals surface area contributed by atoms with E-state index >= 15 is 0 Å². The van der Waals surface area contributed by atoms with Gasteiger partial charge in [-0.05, 0) is 20.0 Å². The predicted molar refractivity (Wildman–Crippen MR) is 65.3 cm³/mol. The van der Waals surface area contributed by atoms with Crippen LogP contribution in [0.15, 0.2) is 12.4 Å². The van der Waals surface area contributed by atoms with Gasteiger partial charge in [-0.15, -0.1) is 0 Å². The van der Waals surface area contributed by atoms with Crippen molar-refractivity contribution in [3.05, 3.63) is 12.4 Å². The maximum Gasteiger partial charge on any atom is 0.147 e. The first-order chi connectivity index (χ1) is 7.58. The molecule has 1 fully saturated rings. The van der Waals surface area contributed by atoms with Gasteiger partial charge in [0, 0.05) is 19.1 Å². The lowest BCUT2D eigenvalue weighted by Gasteiger charge is -2.22. The number of nitrogens with two attached hydrogens (primary N) is 1. The summed E-state index contributed by atoms with van der Waals surface area (Å²) in [4.78, 5) is 12.9. The molecule has 1 aliphatic rings. The molecule has 1 saturated heterocycles. The van der Waals surface area contributed by atoms with Crippen LogP contribution >= 0.6 is 0 Å². The minimum absolute atomic E-state index is 0.472. The summed E-state index contributed by atoms with van der Waals surface area (Å²) in [5.41, 5.74) is 5.53. The highest BCUT2D eigenvalue weighted by atomic mass is 15.3. The van der Waals surface area contributed by atoms with Gasteiger partial charge >= 0.3 is 0 Å². The molecule has 0 bridgehead atoms. The van der Waals surface area contributed by atoms with Crippen molar-refractivity contribution in [1.29, 1.82) is 0 Å². The highest BCUT2D eigenvalue weighted by molar-refractivity contribution is 5.41. The molecule has 5 heteroatoms. The third-order valence-corrected chi connectivity index (χ3v) is 3.22. The number of hydrogen-bond donors (Lipinski definition) is 1. The lowest BCUT2D eigenvalue weighted by molar-refractivity contribution is 0.266. The molecule has 88 valence electrons. The highest BCUT2D eigenvalue weighted by Gasteiger charge is 2.31. The van der Waals surface area contributed by atoms with Gasteiger partial charge in [0.05, 0.1) is 12.4 Å². The minimum atomic E-state index is 0.472. The maximum absolute atomic E-state index is 5.53. The number of anilines is 2. The summed E-state index contributed by atoms with van der Waals surface area (Å²) in [7, 11) is 4.25. The molecular weight excluding hydrogens is 202 g/mol. The Morgan fingerprint density at radius 2 is 2.06 bits per heavy atom. The quantitative estimate of drug-likeness (QED) is 0.785. The first-order valence-electron chi connectivity index (χ1n) is 5.57. The largest absolute Gasteiger partial charge is 0.382 e. The zero-order valence-corrected chi connectivity index (χ0v) is 10.1. The van der Waals surface area contributed by atoms with Crippen molar-refractivity contribution in [2.24, 2.45) is 5.92 Å². The molecule has 2 heterocycles. The van der Waals surface area contributed by atoms with Crippen LogP contribution in [-0.4, -0.2) is 48.1 Å². The molecule has 0 radical (unpaired) electrons. The normalized spacial score (nSPS) is 25.4. The van der Waals surface area contributed by atoms with E-state index in [1.165, 1.54) is 0 Å². The summed E-state index contributed by atoms with van der Waals surface area (Å²) in [5.74, 6) is 2.04. The van der Waals surface area contributed by atoms with E-state index in [1.807, 2.05) is 0 Å². The van der Waals surface area contributed by atoms with Crippen LogP contribution < -0.4 is 10.6 Å². The summed E-state index contributed by atoms with van der Waals surface area (Å²) in [6.07, 6.45) is 3.36. The molecule has 16 heavy (non-hydrogen) atoms. The van der Waals surface area contributed by atoms with E-state index in [0.29, 0.717) is 17.8 Å². The molecule has 0 saturated carbocycles. The Balaban J connectivity index is 2.10. The number of nitrogen functional groups attached to an aromatic ring is 1. The second-order valence-corrected chi connectivity index (χ2v) is 4.71. The summed E-state index contributed by atoms with van der Waals surface area (Å²) in [6, 6.07) is 0.583. The van der Waals surface area contributed by atoms with Crippen LogP contribution in [0.25, 0.3) is 0 Å². The fraction of sp³-hybridized carbons (Fsp3) is 0.636. The molecule has 1 aliphatic heterocycles. The molecule has 0 aromatic carbocycles. The molecule has 2 N–H and O–H groups in total. The van der Waals surface area contributed by atoms with Crippen LogP contribution in [0.3, 0.4) is 0 Å². The third kappa shape index (κ3) is 2.09. The Morgan fingerprint density at radius 3 is 2.56 bits per heavy atom. The van der Waals surface area contributed by atoms with Gasteiger partial charge < -0.3 is 15.5 Å². The lowest BCUT2D eigenvalue weighted by atomic mass is 10.1. The van der Waals surface area contributed by atoms with E-state index in [2.05, 4.69) is 40.8 Å². The first-order valence-corrected chi connectivity index (χ1v) is 5.57. The lowest BCUT2D eigenvalue weighted by Crippen LogP contribution is -2.34. The fourth-order valence-corrected chi connectivity index (χ4v) is 2.30. The van der Waals surface area contributed by atoms with Gasteiger partial charge in [-0.2, -0.15) is 0 Å². The molecule has 1 aromatic rings. The molecule has 2 atom stereocenters. The van der Waals surface area contributed by atoms with Crippen molar-refractivity contribution < 1.29 is 0 Å². The van der Waals surface area contributed by atoms with Gasteiger partial charge in [0.15, 0.2) is 0 Å². The fourth-order valence-electron chi connectivity index (χ4n) is 2.30. The summed E-state index contributed by atoms with van der Waals surface area (Å²) in [5, 5.41) is 0. The summed E-state index contributed by atoms with van der Waals surface area (Å²) in [6.45, 7) is 4.31. The number of hydrogen-bond acceptors (Lipinski definition) is 5. The number of rotatable bonds is 2. The zero-order chi connectivity index (χ0) is 11.7. The Bertz CT molecular complexity index is 348. The minimum Gasteiger partial charge on any atom is -0.382 e. The zero-order valence-electron chi connectivity index (χ0n) is 10.1. The van der Waals surface area contributed by atoms with Gasteiger partial charge in [-0.25, -0.2) is 9.97 Å². The van der Waals surface area contributed by atoms with Crippen molar-refractivity contribution in [3.63, 3.8) is 0 Å². The molecule has 2 unspecified atom stereocenters. The Kier molecular flexibility index (Phi) is 2.96. The van der Waals surface area contributed by atoms with E-state index in [4.69, 9.17) is 5.73 Å². The van der Waals surface area contributed by atoms with Gasteiger partial charge in [0.2, 0.25) is 0 Å². The van der Waals surface area contributed by atoms with E-state index in [0.717, 1.165) is 18.9 Å². The second kappa shape index (κ2) is 4.25. The number of nitrogens with zero attached hydrogens (tertiary/aromatic N) is 4. The van der Waals surface area contributed by atoms with Crippen molar-refractivity contribution in [1.82, 2.24) is 14.9 Å². The van der Waals surface area contributed by atoms with Crippen molar-refractivity contribution in [3.8, 4) is 0 Å². The molecule has 5 nitrogen and oxygen atoms in total. The van der Waals surface area contributed by atoms with Gasteiger partial charge in [0.25, 0.3) is 0 Å². The SMILES string of the molecule is CC1CN(c2cnc(N)cn2)CC1N(C)C. The summed E-state index contributed by atoms with van der Waals surface area (Å²) < 4.78 is 0. The molecule has 0 amide bonds. The van der Waals surface area contributed by atoms with E-state index < -0.39 is 0 Å². The average molecular weight is 221 g/mol. The standard InChI is InChI=1S/C11H19N5/c1-8-6-16(7-9(8)15(2)3)11-5-13-10(12)4-14-11/h4-5,8-9H,6-7H2,1-3H3,(H2,12,13). The number of aromatic nitrogens is 2. The Labute approximate surface area is 96.3 Å². The van der Waals surface area contributed by atoms with Gasteiger partial charge in [-0.1, -0.05) is 6.92 Å². The van der Waals surface area contributed by atoms with Crippen LogP contribution in [0.4, 0.5) is 11.6 Å². The second-order valence-electron chi connectivity index (χ2n) is 4.71. The van der Waals surface area contributed by atoms with Gasteiger partial charge in [-0.3, -0.25) is 0 Å². The first kappa shape index (κ1) is 11.1. The predicted octanol–water partition coefficient (Wildman–Crippen LogP) is 0.445. The van der Waals surface area contributed by atoms with E-state index in [-0.39, 0.29) is 0 Å². The van der Waals surface area contributed by atoms with Crippen LogP contribution in [0.2, 0.25) is 0 Å². The van der Waals surface area contributed by atoms with Gasteiger partial charge in [0.1, 0.15) is 11.6 Å². The topological polar surface area (TPSA) is 58.3 Å². The molecule has 0 aliphatic carbocycles. The Morgan fingerprint density at radius 1 is 1.31 bits per heavy atom. The van der Waals surface area contributed by atoms with E-state index in [1.54, 1.807) is 12.4 Å². The molecule has 2 rings (SSSR count). The average Bonchev–Trinajstić information content (AvgIpc) is 2.61. The van der Waals surface area contributed by atoms with Crippen LogP contribution in [0, 0.1) is 5.92 Å². The van der Waals surface area contributed by atoms with E-state index in [9.17, 15) is 0 Å². The van der Waals surface area contributed by atoms with Crippen molar-refractivity contribution in [2.75, 3.05) is 37.8 Å². The summed E-state index contributed by atoms with van der Waals surface area (Å²) >= 11 is 0. The number of likely N-dealkylation sites (N-methyl/N-ethyl adjacent to an activating group) is 1. The molecule has 0 spiro atoms. The highest BCUT2D eigenvalue weighted by Crippen LogP contribution is 2.24. The molecular formula is C11H19N5. The molecule has 1 aromatic heterocycles. The third-order valence-electron chi connectivity index (χ3n) is 3.22.